The van der Waals surface area contributed by atoms with Gasteiger partial charge in [0.25, 0.3) is 0 Å². The van der Waals surface area contributed by atoms with Gasteiger partial charge in [0.15, 0.2) is 5.16 Å². The van der Waals surface area contributed by atoms with Crippen molar-refractivity contribution in [2.75, 3.05) is 18.2 Å². The number of nitrogens with one attached hydrogen (secondary N) is 1. The second-order valence-electron chi connectivity index (χ2n) is 6.94. The Hall–Kier alpha value is -3.51. The van der Waals surface area contributed by atoms with E-state index in [0.29, 0.717) is 0 Å². The molecule has 0 atom stereocenters. The van der Waals surface area contributed by atoms with Crippen LogP contribution in [0.25, 0.3) is 5.69 Å². The van der Waals surface area contributed by atoms with E-state index >= 15 is 0 Å². The van der Waals surface area contributed by atoms with Gasteiger partial charge in [-0.05, 0) is 35.7 Å². The zero-order valence-electron chi connectivity index (χ0n) is 17.2. The topological polar surface area (TPSA) is 56.2 Å². The van der Waals surface area contributed by atoms with Crippen molar-refractivity contribution < 1.29 is 9.53 Å². The van der Waals surface area contributed by atoms with Crippen molar-refractivity contribution in [3.05, 3.63) is 102 Å². The first kappa shape index (κ1) is 20.8. The molecule has 0 unspecified atom stereocenters. The first-order valence-corrected chi connectivity index (χ1v) is 10.9. The van der Waals surface area contributed by atoms with E-state index < -0.39 is 0 Å². The summed E-state index contributed by atoms with van der Waals surface area (Å²) in [6.07, 6.45) is 4.38. The maximum Gasteiger partial charge on any atom is 0.234 e. The Morgan fingerprint density at radius 2 is 1.84 bits per heavy atom. The number of nitrogens with zero attached hydrogens (tertiary/aromatic N) is 2. The molecule has 4 rings (SSSR count). The number of ether oxygens (including phenoxy) is 1. The molecule has 0 bridgehead atoms. The number of rotatable bonds is 8. The number of benzene rings is 3. The van der Waals surface area contributed by atoms with Gasteiger partial charge in [0.05, 0.1) is 18.6 Å². The van der Waals surface area contributed by atoms with E-state index in [1.54, 1.807) is 13.3 Å². The molecular weight excluding hydrogens is 406 g/mol. The number of thioether (sulfide) groups is 1. The number of hydrogen-bond donors (Lipinski definition) is 1. The second-order valence-corrected chi connectivity index (χ2v) is 7.88. The van der Waals surface area contributed by atoms with Gasteiger partial charge in [0, 0.05) is 24.1 Å². The third-order valence-electron chi connectivity index (χ3n) is 4.80. The van der Waals surface area contributed by atoms with E-state index in [9.17, 15) is 4.79 Å². The van der Waals surface area contributed by atoms with Crippen LogP contribution < -0.4 is 10.1 Å². The Morgan fingerprint density at radius 3 is 2.68 bits per heavy atom. The maximum atomic E-state index is 12.7. The van der Waals surface area contributed by atoms with Gasteiger partial charge < -0.3 is 10.1 Å². The molecule has 1 amide bonds. The first-order chi connectivity index (χ1) is 15.2. The number of anilines is 1. The minimum Gasteiger partial charge on any atom is -0.497 e. The fraction of sp³-hybridized carbons (Fsp3) is 0.120. The Balaban J connectivity index is 1.42. The van der Waals surface area contributed by atoms with Crippen LogP contribution in [-0.4, -0.2) is 28.3 Å². The molecular formula is C25H23N3O2S. The highest BCUT2D eigenvalue weighted by Crippen LogP contribution is 2.24. The highest BCUT2D eigenvalue weighted by atomic mass is 32.2. The normalized spacial score (nSPS) is 10.6. The molecule has 3 aromatic carbocycles. The smallest absolute Gasteiger partial charge is 0.234 e. The number of methoxy groups -OCH3 is 1. The number of amides is 1. The molecule has 156 valence electrons. The Kier molecular flexibility index (Phi) is 6.69. The van der Waals surface area contributed by atoms with Crippen LogP contribution in [0.1, 0.15) is 11.1 Å². The molecule has 4 aromatic rings. The SMILES string of the molecule is COc1cccc(-n2ccnc2SCC(=O)Nc2ccccc2Cc2ccccc2)c1. The molecule has 0 aliphatic carbocycles. The zero-order chi connectivity index (χ0) is 21.5. The molecule has 0 fully saturated rings. The molecule has 1 heterocycles. The van der Waals surface area contributed by atoms with Gasteiger partial charge in [-0.3, -0.25) is 9.36 Å². The molecule has 0 aliphatic heterocycles. The van der Waals surface area contributed by atoms with Crippen molar-refractivity contribution in [2.45, 2.75) is 11.6 Å². The fourth-order valence-corrected chi connectivity index (χ4v) is 4.06. The van der Waals surface area contributed by atoms with Gasteiger partial charge in [0.1, 0.15) is 5.75 Å². The highest BCUT2D eigenvalue weighted by Gasteiger charge is 2.11. The summed E-state index contributed by atoms with van der Waals surface area (Å²) in [5, 5.41) is 3.80. The quantitative estimate of drug-likeness (QED) is 0.391. The predicted molar refractivity (Wildman–Crippen MR) is 125 cm³/mol. The number of aromatic nitrogens is 2. The van der Waals surface area contributed by atoms with E-state index in [-0.39, 0.29) is 11.7 Å². The van der Waals surface area contributed by atoms with Crippen LogP contribution in [0.2, 0.25) is 0 Å². The molecule has 6 heteroatoms. The van der Waals surface area contributed by atoms with Gasteiger partial charge >= 0.3 is 0 Å². The van der Waals surface area contributed by atoms with Crippen molar-refractivity contribution in [1.29, 1.82) is 0 Å². The lowest BCUT2D eigenvalue weighted by molar-refractivity contribution is -0.113. The molecule has 1 N–H and O–H groups in total. The first-order valence-electron chi connectivity index (χ1n) is 9.95. The minimum absolute atomic E-state index is 0.0642. The summed E-state index contributed by atoms with van der Waals surface area (Å²) in [5.41, 5.74) is 4.07. The van der Waals surface area contributed by atoms with Crippen molar-refractivity contribution in [3.8, 4) is 11.4 Å². The van der Waals surface area contributed by atoms with E-state index in [0.717, 1.165) is 34.3 Å². The molecule has 5 nitrogen and oxygen atoms in total. The van der Waals surface area contributed by atoms with Crippen molar-refractivity contribution in [3.63, 3.8) is 0 Å². The van der Waals surface area contributed by atoms with Gasteiger partial charge in [-0.2, -0.15) is 0 Å². The predicted octanol–water partition coefficient (Wildman–Crippen LogP) is 5.20. The summed E-state index contributed by atoms with van der Waals surface area (Å²) >= 11 is 1.40. The highest BCUT2D eigenvalue weighted by molar-refractivity contribution is 7.99. The van der Waals surface area contributed by atoms with Gasteiger partial charge in [0.2, 0.25) is 5.91 Å². The lowest BCUT2D eigenvalue weighted by Crippen LogP contribution is -2.16. The van der Waals surface area contributed by atoms with Crippen LogP contribution in [-0.2, 0) is 11.2 Å². The standard InChI is InChI=1S/C25H23N3O2S/c1-30-22-12-7-11-21(17-22)28-15-14-26-25(28)31-18-24(29)27-23-13-6-5-10-20(23)16-19-8-3-2-4-9-19/h2-15,17H,16,18H2,1H3,(H,27,29). The fourth-order valence-electron chi connectivity index (χ4n) is 3.28. The summed E-state index contributed by atoms with van der Waals surface area (Å²) in [5.74, 6) is 0.973. The molecule has 0 saturated heterocycles. The molecule has 31 heavy (non-hydrogen) atoms. The van der Waals surface area contributed by atoms with E-state index in [1.165, 1.54) is 17.3 Å². The largest absolute Gasteiger partial charge is 0.497 e. The number of carbonyl (C=O) groups excluding carboxylic acids is 1. The summed E-state index contributed by atoms with van der Waals surface area (Å²) in [6, 6.07) is 25.9. The van der Waals surface area contributed by atoms with Crippen LogP contribution in [0.5, 0.6) is 5.75 Å². The monoisotopic (exact) mass is 429 g/mol. The van der Waals surface area contributed by atoms with Gasteiger partial charge in [-0.1, -0.05) is 66.4 Å². The minimum atomic E-state index is -0.0642. The second kappa shape index (κ2) is 10.00. The van der Waals surface area contributed by atoms with Crippen molar-refractivity contribution >= 4 is 23.4 Å². The lowest BCUT2D eigenvalue weighted by atomic mass is 10.0. The summed E-state index contributed by atoms with van der Waals surface area (Å²) in [7, 11) is 1.64. The van der Waals surface area contributed by atoms with Gasteiger partial charge in [-0.25, -0.2) is 4.98 Å². The molecule has 1 aromatic heterocycles. The van der Waals surface area contributed by atoms with Crippen LogP contribution in [0, 0.1) is 0 Å². The average molecular weight is 430 g/mol. The zero-order valence-corrected chi connectivity index (χ0v) is 18.0. The van der Waals surface area contributed by atoms with E-state index in [2.05, 4.69) is 22.4 Å². The van der Waals surface area contributed by atoms with Crippen LogP contribution in [0.15, 0.2) is 96.4 Å². The van der Waals surface area contributed by atoms with Gasteiger partial charge in [-0.15, -0.1) is 0 Å². The molecule has 0 saturated carbocycles. The molecule has 0 radical (unpaired) electrons. The van der Waals surface area contributed by atoms with Crippen LogP contribution in [0.4, 0.5) is 5.69 Å². The van der Waals surface area contributed by atoms with E-state index in [1.807, 2.05) is 77.5 Å². The summed E-state index contributed by atoms with van der Waals surface area (Å²) in [4.78, 5) is 17.1. The van der Waals surface area contributed by atoms with Crippen molar-refractivity contribution in [2.24, 2.45) is 0 Å². The third-order valence-corrected chi connectivity index (χ3v) is 5.77. The number of hydrogen-bond acceptors (Lipinski definition) is 4. The number of carbonyl (C=O) groups is 1. The number of imidazole rings is 1. The average Bonchev–Trinajstić information content (AvgIpc) is 3.28. The summed E-state index contributed by atoms with van der Waals surface area (Å²) in [6.45, 7) is 0. The molecule has 0 aliphatic rings. The number of para-hydroxylation sites is 1. The Labute approximate surface area is 186 Å². The summed E-state index contributed by atoms with van der Waals surface area (Å²) < 4.78 is 7.25. The Morgan fingerprint density at radius 1 is 1.03 bits per heavy atom. The third kappa shape index (κ3) is 5.35. The lowest BCUT2D eigenvalue weighted by Gasteiger charge is -2.12. The van der Waals surface area contributed by atoms with E-state index in [4.69, 9.17) is 4.74 Å². The van der Waals surface area contributed by atoms with Crippen LogP contribution in [0.3, 0.4) is 0 Å². The Bertz CT molecular complexity index is 1160. The van der Waals surface area contributed by atoms with Crippen molar-refractivity contribution in [1.82, 2.24) is 9.55 Å². The maximum absolute atomic E-state index is 12.7. The van der Waals surface area contributed by atoms with Crippen LogP contribution >= 0.6 is 11.8 Å². The molecule has 0 spiro atoms.